The van der Waals surface area contributed by atoms with E-state index in [-0.39, 0.29) is 6.79 Å². The largest absolute Gasteiger partial charge is 0.457 e. The first-order chi connectivity index (χ1) is 6.20. The lowest BCUT2D eigenvalue weighted by atomic mass is 10.2. The van der Waals surface area contributed by atoms with Gasteiger partial charge in [-0.25, -0.2) is 4.79 Å². The third-order valence-corrected chi connectivity index (χ3v) is 1.51. The van der Waals surface area contributed by atoms with E-state index in [9.17, 15) is 4.79 Å². The standard InChI is InChI=1S/C9H11NO3/c1-7-4-2-3-5-8(7)12-6-13-9(10)11/h2-5H,6H2,1H3,(H2,10,11). The van der Waals surface area contributed by atoms with Crippen molar-refractivity contribution in [2.24, 2.45) is 5.73 Å². The first kappa shape index (κ1) is 9.38. The SMILES string of the molecule is Cc1ccccc1OCOC(N)=O. The molecule has 4 nitrogen and oxygen atoms in total. The Labute approximate surface area is 76.3 Å². The molecule has 0 radical (unpaired) electrons. The van der Waals surface area contributed by atoms with Crippen LogP contribution >= 0.6 is 0 Å². The zero-order valence-corrected chi connectivity index (χ0v) is 7.32. The maximum absolute atomic E-state index is 10.2. The van der Waals surface area contributed by atoms with E-state index in [2.05, 4.69) is 4.74 Å². The van der Waals surface area contributed by atoms with Crippen LogP contribution in [0.1, 0.15) is 5.56 Å². The fraction of sp³-hybridized carbons (Fsp3) is 0.222. The lowest BCUT2D eigenvalue weighted by molar-refractivity contribution is 0.0653. The first-order valence-corrected chi connectivity index (χ1v) is 3.81. The quantitative estimate of drug-likeness (QED) is 0.717. The van der Waals surface area contributed by atoms with Gasteiger partial charge in [-0.05, 0) is 18.6 Å². The summed E-state index contributed by atoms with van der Waals surface area (Å²) in [5.74, 6) is 0.684. The summed E-state index contributed by atoms with van der Waals surface area (Å²) in [5, 5.41) is 0. The van der Waals surface area contributed by atoms with Crippen molar-refractivity contribution in [2.45, 2.75) is 6.92 Å². The molecule has 0 aliphatic rings. The Kier molecular flexibility index (Phi) is 3.14. The number of primary amides is 1. The summed E-state index contributed by atoms with van der Waals surface area (Å²) in [5.41, 5.74) is 5.74. The predicted octanol–water partition coefficient (Wildman–Crippen LogP) is 1.43. The molecule has 0 atom stereocenters. The van der Waals surface area contributed by atoms with Crippen LogP contribution in [0.2, 0.25) is 0 Å². The third kappa shape index (κ3) is 3.02. The average molecular weight is 181 g/mol. The highest BCUT2D eigenvalue weighted by Gasteiger charge is 1.98. The second kappa shape index (κ2) is 4.35. The molecule has 0 saturated heterocycles. The number of amides is 1. The highest BCUT2D eigenvalue weighted by Crippen LogP contribution is 2.15. The summed E-state index contributed by atoms with van der Waals surface area (Å²) < 4.78 is 9.54. The number of hydrogen-bond donors (Lipinski definition) is 1. The second-order valence-corrected chi connectivity index (χ2v) is 2.49. The highest BCUT2D eigenvalue weighted by molar-refractivity contribution is 5.64. The van der Waals surface area contributed by atoms with E-state index in [1.807, 2.05) is 25.1 Å². The monoisotopic (exact) mass is 181 g/mol. The number of hydrogen-bond acceptors (Lipinski definition) is 3. The minimum atomic E-state index is -0.839. The van der Waals surface area contributed by atoms with Crippen LogP contribution < -0.4 is 10.5 Å². The molecule has 4 heteroatoms. The van der Waals surface area contributed by atoms with Gasteiger partial charge in [-0.3, -0.25) is 0 Å². The number of para-hydroxylation sites is 1. The number of nitrogens with two attached hydrogens (primary N) is 1. The van der Waals surface area contributed by atoms with Crippen molar-refractivity contribution in [3.63, 3.8) is 0 Å². The second-order valence-electron chi connectivity index (χ2n) is 2.49. The molecule has 70 valence electrons. The van der Waals surface area contributed by atoms with Crippen molar-refractivity contribution in [3.8, 4) is 5.75 Å². The van der Waals surface area contributed by atoms with Crippen molar-refractivity contribution >= 4 is 6.09 Å². The zero-order chi connectivity index (χ0) is 9.68. The molecule has 1 aromatic carbocycles. The van der Waals surface area contributed by atoms with Gasteiger partial charge in [0.2, 0.25) is 6.79 Å². The summed E-state index contributed by atoms with van der Waals surface area (Å²) in [4.78, 5) is 10.2. The number of aryl methyl sites for hydroxylation is 1. The Bertz CT molecular complexity index is 299. The van der Waals surface area contributed by atoms with Crippen molar-refractivity contribution in [3.05, 3.63) is 29.8 Å². The van der Waals surface area contributed by atoms with Gasteiger partial charge in [0.15, 0.2) is 0 Å². The van der Waals surface area contributed by atoms with Crippen molar-refractivity contribution in [1.29, 1.82) is 0 Å². The minimum absolute atomic E-state index is 0.153. The molecule has 0 aromatic heterocycles. The molecule has 1 rings (SSSR count). The Morgan fingerprint density at radius 3 is 2.77 bits per heavy atom. The molecule has 0 aliphatic carbocycles. The molecular weight excluding hydrogens is 170 g/mol. The number of rotatable bonds is 3. The van der Waals surface area contributed by atoms with Gasteiger partial charge in [0.05, 0.1) is 0 Å². The van der Waals surface area contributed by atoms with Gasteiger partial charge in [0.1, 0.15) is 5.75 Å². The molecule has 0 heterocycles. The van der Waals surface area contributed by atoms with Crippen molar-refractivity contribution in [2.75, 3.05) is 6.79 Å². The van der Waals surface area contributed by atoms with Crippen LogP contribution in [0.3, 0.4) is 0 Å². The van der Waals surface area contributed by atoms with Gasteiger partial charge in [0.25, 0.3) is 0 Å². The van der Waals surface area contributed by atoms with Gasteiger partial charge >= 0.3 is 6.09 Å². The normalized spacial score (nSPS) is 9.31. The van der Waals surface area contributed by atoms with Gasteiger partial charge in [-0.15, -0.1) is 0 Å². The minimum Gasteiger partial charge on any atom is -0.457 e. The number of benzene rings is 1. The van der Waals surface area contributed by atoms with Crippen LogP contribution in [-0.2, 0) is 4.74 Å². The molecule has 0 bridgehead atoms. The molecule has 0 unspecified atom stereocenters. The van der Waals surface area contributed by atoms with E-state index < -0.39 is 6.09 Å². The van der Waals surface area contributed by atoms with E-state index in [1.54, 1.807) is 6.07 Å². The van der Waals surface area contributed by atoms with Gasteiger partial charge in [-0.2, -0.15) is 0 Å². The lowest BCUT2D eigenvalue weighted by Crippen LogP contribution is -2.16. The van der Waals surface area contributed by atoms with Gasteiger partial charge in [0, 0.05) is 0 Å². The maximum atomic E-state index is 10.2. The maximum Gasteiger partial charge on any atom is 0.407 e. The number of carbonyl (C=O) groups is 1. The molecule has 0 spiro atoms. The Balaban J connectivity index is 2.45. The summed E-state index contributed by atoms with van der Waals surface area (Å²) in [6, 6.07) is 7.43. The zero-order valence-electron chi connectivity index (χ0n) is 7.32. The molecule has 0 saturated carbocycles. The summed E-state index contributed by atoms with van der Waals surface area (Å²) >= 11 is 0. The van der Waals surface area contributed by atoms with Crippen LogP contribution in [0, 0.1) is 6.92 Å². The summed E-state index contributed by atoms with van der Waals surface area (Å²) in [6.45, 7) is 1.75. The van der Waals surface area contributed by atoms with Crippen LogP contribution in [0.25, 0.3) is 0 Å². The van der Waals surface area contributed by atoms with E-state index in [0.29, 0.717) is 5.75 Å². The lowest BCUT2D eigenvalue weighted by Gasteiger charge is -2.07. The predicted molar refractivity (Wildman–Crippen MR) is 47.3 cm³/mol. The van der Waals surface area contributed by atoms with E-state index in [0.717, 1.165) is 5.56 Å². The number of ether oxygens (including phenoxy) is 2. The fourth-order valence-corrected chi connectivity index (χ4v) is 0.869. The molecule has 0 aliphatic heterocycles. The molecule has 0 fully saturated rings. The highest BCUT2D eigenvalue weighted by atomic mass is 16.7. The fourth-order valence-electron chi connectivity index (χ4n) is 0.869. The van der Waals surface area contributed by atoms with Crippen molar-refractivity contribution in [1.82, 2.24) is 0 Å². The molecule has 2 N–H and O–H groups in total. The van der Waals surface area contributed by atoms with Crippen LogP contribution in [-0.4, -0.2) is 12.9 Å². The smallest absolute Gasteiger partial charge is 0.407 e. The van der Waals surface area contributed by atoms with Crippen LogP contribution in [0.15, 0.2) is 24.3 Å². The summed E-state index contributed by atoms with van der Waals surface area (Å²) in [7, 11) is 0. The van der Waals surface area contributed by atoms with E-state index >= 15 is 0 Å². The Morgan fingerprint density at radius 1 is 1.46 bits per heavy atom. The summed E-state index contributed by atoms with van der Waals surface area (Å²) in [6.07, 6.45) is -0.839. The number of carbonyl (C=O) groups excluding carboxylic acids is 1. The third-order valence-electron chi connectivity index (χ3n) is 1.51. The van der Waals surface area contributed by atoms with Crippen LogP contribution in [0.5, 0.6) is 5.75 Å². The molecule has 1 amide bonds. The van der Waals surface area contributed by atoms with E-state index in [1.165, 1.54) is 0 Å². The Morgan fingerprint density at radius 2 is 2.15 bits per heavy atom. The first-order valence-electron chi connectivity index (χ1n) is 3.81. The molecule has 1 aromatic rings. The van der Waals surface area contributed by atoms with Crippen LogP contribution in [0.4, 0.5) is 4.79 Å². The topological polar surface area (TPSA) is 61.6 Å². The molecule has 13 heavy (non-hydrogen) atoms. The van der Waals surface area contributed by atoms with Crippen molar-refractivity contribution < 1.29 is 14.3 Å². The van der Waals surface area contributed by atoms with E-state index in [4.69, 9.17) is 10.5 Å². The van der Waals surface area contributed by atoms with Gasteiger partial charge < -0.3 is 15.2 Å². The molecular formula is C9H11NO3. The van der Waals surface area contributed by atoms with Gasteiger partial charge in [-0.1, -0.05) is 18.2 Å². The Hall–Kier alpha value is -1.71. The average Bonchev–Trinajstić information content (AvgIpc) is 2.08.